The second-order valence-electron chi connectivity index (χ2n) is 5.64. The molecule has 0 spiro atoms. The van der Waals surface area contributed by atoms with Gasteiger partial charge in [-0.05, 0) is 43.5 Å². The molecule has 0 unspecified atom stereocenters. The molecule has 0 bridgehead atoms. The molecule has 0 aliphatic heterocycles. The van der Waals surface area contributed by atoms with E-state index in [0.29, 0.717) is 9.47 Å². The molecule has 1 heterocycles. The van der Waals surface area contributed by atoms with Gasteiger partial charge in [-0.25, -0.2) is 8.42 Å². The molecule has 0 fully saturated rings. The summed E-state index contributed by atoms with van der Waals surface area (Å²) in [4.78, 5) is 12.6. The van der Waals surface area contributed by atoms with Gasteiger partial charge in [0.15, 0.2) is 4.34 Å². The molecule has 1 aromatic heterocycles. The van der Waals surface area contributed by atoms with Gasteiger partial charge in [-0.15, -0.1) is 10.2 Å². The molecule has 11 heteroatoms. The van der Waals surface area contributed by atoms with E-state index < -0.39 is 15.9 Å². The maximum absolute atomic E-state index is 12.5. The van der Waals surface area contributed by atoms with Crippen molar-refractivity contribution in [1.29, 1.82) is 0 Å². The van der Waals surface area contributed by atoms with Crippen molar-refractivity contribution in [2.45, 2.75) is 16.2 Å². The molecule has 2 aromatic carbocycles. The Balaban J connectivity index is 1.82. The molecule has 3 rings (SSSR count). The van der Waals surface area contributed by atoms with E-state index in [1.807, 2.05) is 13.2 Å². The Labute approximate surface area is 175 Å². The van der Waals surface area contributed by atoms with Crippen molar-refractivity contribution < 1.29 is 13.2 Å². The topological polar surface area (TPSA) is 101 Å². The highest BCUT2D eigenvalue weighted by Gasteiger charge is 2.18. The van der Waals surface area contributed by atoms with E-state index in [9.17, 15) is 13.2 Å². The number of aryl methyl sites for hydroxylation is 1. The Morgan fingerprint density at radius 2 is 1.86 bits per heavy atom. The highest BCUT2D eigenvalue weighted by Crippen LogP contribution is 2.26. The molecule has 0 radical (unpaired) electrons. The lowest BCUT2D eigenvalue weighted by atomic mass is 10.2. The summed E-state index contributed by atoms with van der Waals surface area (Å²) in [6.45, 7) is 1.87. The third kappa shape index (κ3) is 4.82. The van der Waals surface area contributed by atoms with Crippen molar-refractivity contribution in [2.75, 3.05) is 16.3 Å². The first-order chi connectivity index (χ1) is 13.3. The van der Waals surface area contributed by atoms with Crippen molar-refractivity contribution in [3.8, 4) is 0 Å². The standard InChI is InChI=1S/C17H15ClN4O3S3/c1-10-3-6-12(7-4-10)28(24,25)22-11-5-8-14(18)13(9-11)15(23)19-16-20-21-17(26-2)27-16/h3-9,22H,1-2H3,(H,19,20,23). The van der Waals surface area contributed by atoms with Crippen molar-refractivity contribution in [2.24, 2.45) is 0 Å². The molecule has 0 aliphatic rings. The molecule has 3 aromatic rings. The first-order valence-corrected chi connectivity index (χ1v) is 11.8. The van der Waals surface area contributed by atoms with Crippen LogP contribution in [0.3, 0.4) is 0 Å². The third-order valence-corrected chi connectivity index (χ3v) is 7.14. The van der Waals surface area contributed by atoms with Crippen LogP contribution < -0.4 is 10.0 Å². The first-order valence-electron chi connectivity index (χ1n) is 7.86. The van der Waals surface area contributed by atoms with Crippen LogP contribution in [-0.4, -0.2) is 30.8 Å². The number of anilines is 2. The van der Waals surface area contributed by atoms with Crippen molar-refractivity contribution in [3.05, 3.63) is 58.6 Å². The predicted octanol–water partition coefficient (Wildman–Crippen LogP) is 4.27. The molecule has 146 valence electrons. The number of hydrogen-bond donors (Lipinski definition) is 2. The van der Waals surface area contributed by atoms with Gasteiger partial charge in [-0.3, -0.25) is 14.8 Å². The fourth-order valence-corrected chi connectivity index (χ4v) is 4.62. The maximum atomic E-state index is 12.5. The Morgan fingerprint density at radius 3 is 2.50 bits per heavy atom. The number of amides is 1. The lowest BCUT2D eigenvalue weighted by Gasteiger charge is -2.11. The second-order valence-corrected chi connectivity index (χ2v) is 9.77. The number of benzene rings is 2. The summed E-state index contributed by atoms with van der Waals surface area (Å²) in [6, 6.07) is 10.8. The highest BCUT2D eigenvalue weighted by molar-refractivity contribution is 8.00. The number of nitrogens with one attached hydrogen (secondary N) is 2. The summed E-state index contributed by atoms with van der Waals surface area (Å²) in [7, 11) is -3.79. The average Bonchev–Trinajstić information content (AvgIpc) is 3.11. The SMILES string of the molecule is CSc1nnc(NC(=O)c2cc(NS(=O)(=O)c3ccc(C)cc3)ccc2Cl)s1. The number of carbonyl (C=O) groups excluding carboxylic acids is 1. The zero-order chi connectivity index (χ0) is 20.3. The van der Waals surface area contributed by atoms with Gasteiger partial charge in [-0.2, -0.15) is 0 Å². The normalized spacial score (nSPS) is 11.2. The predicted molar refractivity (Wildman–Crippen MR) is 113 cm³/mol. The fourth-order valence-electron chi connectivity index (χ4n) is 2.20. The lowest BCUT2D eigenvalue weighted by molar-refractivity contribution is 0.102. The smallest absolute Gasteiger partial charge is 0.261 e. The molecule has 0 aliphatic carbocycles. The van der Waals surface area contributed by atoms with Gasteiger partial charge in [-0.1, -0.05) is 52.4 Å². The van der Waals surface area contributed by atoms with Crippen LogP contribution in [0.1, 0.15) is 15.9 Å². The van der Waals surface area contributed by atoms with Gasteiger partial charge in [0.05, 0.1) is 15.5 Å². The van der Waals surface area contributed by atoms with E-state index in [0.717, 1.165) is 5.56 Å². The molecule has 7 nitrogen and oxygen atoms in total. The quantitative estimate of drug-likeness (QED) is 0.426. The van der Waals surface area contributed by atoms with Gasteiger partial charge in [0.2, 0.25) is 5.13 Å². The van der Waals surface area contributed by atoms with Crippen molar-refractivity contribution in [1.82, 2.24) is 10.2 Å². The van der Waals surface area contributed by atoms with Crippen LogP contribution >= 0.6 is 34.7 Å². The fraction of sp³-hybridized carbons (Fsp3) is 0.118. The van der Waals surface area contributed by atoms with Crippen molar-refractivity contribution in [3.63, 3.8) is 0 Å². The van der Waals surface area contributed by atoms with Crippen LogP contribution in [0.4, 0.5) is 10.8 Å². The average molecular weight is 455 g/mol. The molecular weight excluding hydrogens is 440 g/mol. The maximum Gasteiger partial charge on any atom is 0.261 e. The molecule has 0 saturated heterocycles. The van der Waals surface area contributed by atoms with Gasteiger partial charge in [0, 0.05) is 5.69 Å². The second kappa shape index (κ2) is 8.48. The van der Waals surface area contributed by atoms with Crippen LogP contribution in [0, 0.1) is 6.92 Å². The Morgan fingerprint density at radius 1 is 1.14 bits per heavy atom. The number of aromatic nitrogens is 2. The third-order valence-electron chi connectivity index (χ3n) is 3.60. The highest BCUT2D eigenvalue weighted by atomic mass is 35.5. The summed E-state index contributed by atoms with van der Waals surface area (Å²) >= 11 is 8.76. The summed E-state index contributed by atoms with van der Waals surface area (Å²) in [5.74, 6) is -0.509. The van der Waals surface area contributed by atoms with Crippen LogP contribution in [-0.2, 0) is 10.0 Å². The van der Waals surface area contributed by atoms with Crippen LogP contribution in [0.5, 0.6) is 0 Å². The van der Waals surface area contributed by atoms with E-state index in [1.165, 1.54) is 53.4 Å². The summed E-state index contributed by atoms with van der Waals surface area (Å²) in [6.07, 6.45) is 1.85. The minimum atomic E-state index is -3.79. The number of sulfonamides is 1. The number of hydrogen-bond acceptors (Lipinski definition) is 7. The Kier molecular flexibility index (Phi) is 6.23. The van der Waals surface area contributed by atoms with Crippen LogP contribution in [0.15, 0.2) is 51.7 Å². The van der Waals surface area contributed by atoms with E-state index in [2.05, 4.69) is 20.2 Å². The van der Waals surface area contributed by atoms with E-state index >= 15 is 0 Å². The Bertz CT molecular complexity index is 1110. The largest absolute Gasteiger partial charge is 0.296 e. The van der Waals surface area contributed by atoms with Gasteiger partial charge in [0.1, 0.15) is 0 Å². The number of nitrogens with zero attached hydrogens (tertiary/aromatic N) is 2. The van der Waals surface area contributed by atoms with Gasteiger partial charge in [0.25, 0.3) is 15.9 Å². The zero-order valence-electron chi connectivity index (χ0n) is 14.8. The molecule has 1 amide bonds. The number of carbonyl (C=O) groups is 1. The van der Waals surface area contributed by atoms with E-state index in [4.69, 9.17) is 11.6 Å². The Hall–Kier alpha value is -2.14. The number of rotatable bonds is 6. The molecule has 28 heavy (non-hydrogen) atoms. The zero-order valence-corrected chi connectivity index (χ0v) is 18.0. The van der Waals surface area contributed by atoms with Crippen LogP contribution in [0.25, 0.3) is 0 Å². The molecule has 0 saturated carbocycles. The number of halogens is 1. The molecular formula is C17H15ClN4O3S3. The minimum Gasteiger partial charge on any atom is -0.296 e. The van der Waals surface area contributed by atoms with E-state index in [-0.39, 0.29) is 21.2 Å². The van der Waals surface area contributed by atoms with Crippen molar-refractivity contribution >= 4 is 61.4 Å². The number of thioether (sulfide) groups is 1. The molecule has 2 N–H and O–H groups in total. The summed E-state index contributed by atoms with van der Waals surface area (Å²) < 4.78 is 28.3. The summed E-state index contributed by atoms with van der Waals surface area (Å²) in [5.41, 5.74) is 1.29. The minimum absolute atomic E-state index is 0.117. The van der Waals surface area contributed by atoms with E-state index in [1.54, 1.807) is 12.1 Å². The van der Waals surface area contributed by atoms with Gasteiger partial charge >= 0.3 is 0 Å². The monoisotopic (exact) mass is 454 g/mol. The lowest BCUT2D eigenvalue weighted by Crippen LogP contribution is -2.15. The first kappa shape index (κ1) is 20.6. The van der Waals surface area contributed by atoms with Gasteiger partial charge < -0.3 is 0 Å². The molecule has 0 atom stereocenters. The summed E-state index contributed by atoms with van der Waals surface area (Å²) in [5, 5.41) is 10.9. The van der Waals surface area contributed by atoms with Crippen LogP contribution in [0.2, 0.25) is 5.02 Å².